The Balaban J connectivity index is 1.95. The van der Waals surface area contributed by atoms with Gasteiger partial charge in [-0.15, -0.1) is 0 Å². The fourth-order valence-corrected chi connectivity index (χ4v) is 1.61. The first-order valence-corrected chi connectivity index (χ1v) is 6.09. The topological polar surface area (TPSA) is 50.4 Å². The average Bonchev–Trinajstić information content (AvgIpc) is 2.41. The summed E-state index contributed by atoms with van der Waals surface area (Å²) in [5, 5.41) is 3.71. The number of aliphatic imine (C=N–C) groups is 1. The van der Waals surface area contributed by atoms with Gasteiger partial charge in [0.2, 0.25) is 0 Å². The normalized spacial score (nSPS) is 11.4. The SMILES string of the molecule is NC(CNc1ccc(F)cc1)=Nc1ccc(Cl)cc1. The number of halogens is 2. The maximum absolute atomic E-state index is 12.7. The minimum Gasteiger partial charge on any atom is -0.386 e. The molecule has 0 aliphatic carbocycles. The number of benzene rings is 2. The van der Waals surface area contributed by atoms with Crippen LogP contribution in [0.25, 0.3) is 0 Å². The van der Waals surface area contributed by atoms with Crippen molar-refractivity contribution < 1.29 is 4.39 Å². The third-order valence-corrected chi connectivity index (χ3v) is 2.67. The Labute approximate surface area is 115 Å². The standard InChI is InChI=1S/C14H13ClFN3/c15-10-1-5-13(6-2-10)19-14(17)9-18-12-7-3-11(16)4-8-12/h1-8,18H,9H2,(H2,17,19). The highest BCUT2D eigenvalue weighted by Gasteiger charge is 1.96. The van der Waals surface area contributed by atoms with Gasteiger partial charge in [-0.3, -0.25) is 0 Å². The molecule has 0 atom stereocenters. The number of hydrogen-bond acceptors (Lipinski definition) is 2. The van der Waals surface area contributed by atoms with Crippen LogP contribution in [0.1, 0.15) is 0 Å². The van der Waals surface area contributed by atoms with Crippen LogP contribution in [-0.2, 0) is 0 Å². The van der Waals surface area contributed by atoms with Gasteiger partial charge in [-0.1, -0.05) is 11.6 Å². The number of nitrogens with one attached hydrogen (secondary N) is 1. The number of hydrogen-bond donors (Lipinski definition) is 2. The largest absolute Gasteiger partial charge is 0.386 e. The molecule has 19 heavy (non-hydrogen) atoms. The Morgan fingerprint density at radius 3 is 2.37 bits per heavy atom. The molecule has 0 saturated carbocycles. The number of amidine groups is 1. The quantitative estimate of drug-likeness (QED) is 0.663. The summed E-state index contributed by atoms with van der Waals surface area (Å²) in [6, 6.07) is 13.1. The lowest BCUT2D eigenvalue weighted by Gasteiger charge is -2.06. The first-order valence-electron chi connectivity index (χ1n) is 5.71. The monoisotopic (exact) mass is 277 g/mol. The van der Waals surface area contributed by atoms with Crippen molar-refractivity contribution in [1.29, 1.82) is 0 Å². The molecule has 3 nitrogen and oxygen atoms in total. The van der Waals surface area contributed by atoms with Gasteiger partial charge in [0, 0.05) is 10.7 Å². The zero-order valence-electron chi connectivity index (χ0n) is 10.1. The first-order chi connectivity index (χ1) is 9.13. The maximum atomic E-state index is 12.7. The van der Waals surface area contributed by atoms with E-state index in [9.17, 15) is 4.39 Å². The zero-order chi connectivity index (χ0) is 13.7. The van der Waals surface area contributed by atoms with Crippen LogP contribution < -0.4 is 11.1 Å². The van der Waals surface area contributed by atoms with E-state index in [0.717, 1.165) is 11.4 Å². The van der Waals surface area contributed by atoms with Gasteiger partial charge in [0.15, 0.2) is 0 Å². The van der Waals surface area contributed by atoms with Gasteiger partial charge >= 0.3 is 0 Å². The molecular formula is C14H13ClFN3. The van der Waals surface area contributed by atoms with E-state index >= 15 is 0 Å². The third kappa shape index (κ3) is 4.26. The predicted octanol–water partition coefficient (Wildman–Crippen LogP) is 3.58. The fourth-order valence-electron chi connectivity index (χ4n) is 1.48. The molecule has 0 aliphatic heterocycles. The lowest BCUT2D eigenvalue weighted by molar-refractivity contribution is 0.628. The van der Waals surface area contributed by atoms with Gasteiger partial charge in [0.05, 0.1) is 12.2 Å². The number of rotatable bonds is 4. The van der Waals surface area contributed by atoms with E-state index in [1.54, 1.807) is 36.4 Å². The summed E-state index contributed by atoms with van der Waals surface area (Å²) in [7, 11) is 0. The summed E-state index contributed by atoms with van der Waals surface area (Å²) in [5.74, 6) is 0.167. The molecule has 98 valence electrons. The molecule has 5 heteroatoms. The van der Waals surface area contributed by atoms with E-state index in [1.165, 1.54) is 12.1 Å². The predicted molar refractivity (Wildman–Crippen MR) is 77.6 cm³/mol. The van der Waals surface area contributed by atoms with Gasteiger partial charge in [-0.2, -0.15) is 0 Å². The summed E-state index contributed by atoms with van der Waals surface area (Å²) in [6.45, 7) is 0.383. The van der Waals surface area contributed by atoms with Crippen LogP contribution in [0, 0.1) is 5.82 Å². The molecule has 0 amide bonds. The molecule has 0 saturated heterocycles. The zero-order valence-corrected chi connectivity index (χ0v) is 10.9. The van der Waals surface area contributed by atoms with Crippen molar-refractivity contribution in [1.82, 2.24) is 0 Å². The Kier molecular flexibility index (Phi) is 4.36. The summed E-state index contributed by atoms with van der Waals surface area (Å²) in [6.07, 6.45) is 0. The number of nitrogens with zero attached hydrogens (tertiary/aromatic N) is 1. The number of nitrogens with two attached hydrogens (primary N) is 1. The van der Waals surface area contributed by atoms with Crippen LogP contribution >= 0.6 is 11.6 Å². The molecule has 0 spiro atoms. The van der Waals surface area contributed by atoms with Crippen molar-refractivity contribution in [3.63, 3.8) is 0 Å². The van der Waals surface area contributed by atoms with Crippen molar-refractivity contribution in [2.24, 2.45) is 10.7 Å². The highest BCUT2D eigenvalue weighted by atomic mass is 35.5. The molecule has 0 heterocycles. The molecule has 0 fully saturated rings. The van der Waals surface area contributed by atoms with E-state index in [0.29, 0.717) is 17.4 Å². The van der Waals surface area contributed by atoms with Gasteiger partial charge < -0.3 is 11.1 Å². The van der Waals surface area contributed by atoms with E-state index in [-0.39, 0.29) is 5.82 Å². The lowest BCUT2D eigenvalue weighted by Crippen LogP contribution is -2.22. The van der Waals surface area contributed by atoms with Gasteiger partial charge in [0.1, 0.15) is 11.7 Å². The van der Waals surface area contributed by atoms with Crippen molar-refractivity contribution in [3.05, 3.63) is 59.4 Å². The molecule has 2 aromatic carbocycles. The number of anilines is 1. The lowest BCUT2D eigenvalue weighted by atomic mass is 10.3. The molecule has 3 N–H and O–H groups in total. The molecule has 0 aliphatic rings. The van der Waals surface area contributed by atoms with E-state index in [1.807, 2.05) is 0 Å². The van der Waals surface area contributed by atoms with Crippen LogP contribution in [0.4, 0.5) is 15.8 Å². The van der Waals surface area contributed by atoms with E-state index in [2.05, 4.69) is 10.3 Å². The van der Waals surface area contributed by atoms with E-state index in [4.69, 9.17) is 17.3 Å². The first kappa shape index (κ1) is 13.4. The summed E-state index contributed by atoms with van der Waals surface area (Å²) in [5.41, 5.74) is 7.33. The Morgan fingerprint density at radius 1 is 1.11 bits per heavy atom. The second kappa shape index (κ2) is 6.20. The summed E-state index contributed by atoms with van der Waals surface area (Å²) in [4.78, 5) is 4.23. The molecular weight excluding hydrogens is 265 g/mol. The van der Waals surface area contributed by atoms with Crippen molar-refractivity contribution in [2.75, 3.05) is 11.9 Å². The van der Waals surface area contributed by atoms with Crippen LogP contribution in [-0.4, -0.2) is 12.4 Å². The van der Waals surface area contributed by atoms with Crippen LogP contribution in [0.15, 0.2) is 53.5 Å². The highest BCUT2D eigenvalue weighted by molar-refractivity contribution is 6.30. The van der Waals surface area contributed by atoms with Crippen molar-refractivity contribution >= 4 is 28.8 Å². The average molecular weight is 278 g/mol. The minimum absolute atomic E-state index is 0.270. The molecule has 0 unspecified atom stereocenters. The van der Waals surface area contributed by atoms with Crippen molar-refractivity contribution in [3.8, 4) is 0 Å². The second-order valence-corrected chi connectivity index (χ2v) is 4.38. The maximum Gasteiger partial charge on any atom is 0.123 e. The smallest absolute Gasteiger partial charge is 0.123 e. The molecule has 2 rings (SSSR count). The van der Waals surface area contributed by atoms with Crippen LogP contribution in [0.5, 0.6) is 0 Å². The molecule has 0 radical (unpaired) electrons. The minimum atomic E-state index is -0.270. The van der Waals surface area contributed by atoms with Gasteiger partial charge in [-0.05, 0) is 48.5 Å². The van der Waals surface area contributed by atoms with Gasteiger partial charge in [-0.25, -0.2) is 9.38 Å². The Bertz CT molecular complexity index is 564. The van der Waals surface area contributed by atoms with E-state index < -0.39 is 0 Å². The molecule has 2 aromatic rings. The van der Waals surface area contributed by atoms with Crippen molar-refractivity contribution in [2.45, 2.75) is 0 Å². The Morgan fingerprint density at radius 2 is 1.74 bits per heavy atom. The van der Waals surface area contributed by atoms with Crippen LogP contribution in [0.2, 0.25) is 5.02 Å². The van der Waals surface area contributed by atoms with Crippen LogP contribution in [0.3, 0.4) is 0 Å². The molecule has 0 bridgehead atoms. The highest BCUT2D eigenvalue weighted by Crippen LogP contribution is 2.16. The fraction of sp³-hybridized carbons (Fsp3) is 0.0714. The summed E-state index contributed by atoms with van der Waals surface area (Å²) >= 11 is 5.78. The second-order valence-electron chi connectivity index (χ2n) is 3.94. The molecule has 0 aromatic heterocycles. The Hall–Kier alpha value is -2.07. The third-order valence-electron chi connectivity index (χ3n) is 2.42. The van der Waals surface area contributed by atoms with Gasteiger partial charge in [0.25, 0.3) is 0 Å². The summed E-state index contributed by atoms with van der Waals surface area (Å²) < 4.78 is 12.7.